The molecule has 1 fully saturated rings. The fourth-order valence-electron chi connectivity index (χ4n) is 2.80. The zero-order valence-corrected chi connectivity index (χ0v) is 10.7. The molecule has 0 radical (unpaired) electrons. The van der Waals surface area contributed by atoms with Crippen LogP contribution < -0.4 is 10.2 Å². The summed E-state index contributed by atoms with van der Waals surface area (Å²) in [5.74, 6) is 0.985. The van der Waals surface area contributed by atoms with Crippen molar-refractivity contribution in [1.29, 1.82) is 0 Å². The van der Waals surface area contributed by atoms with E-state index in [0.29, 0.717) is 6.04 Å². The van der Waals surface area contributed by atoms with E-state index in [4.69, 9.17) is 0 Å². The molecule has 1 N–H and O–H groups in total. The van der Waals surface area contributed by atoms with Crippen molar-refractivity contribution in [2.45, 2.75) is 32.2 Å². The lowest BCUT2D eigenvalue weighted by molar-refractivity contribution is 0.598. The summed E-state index contributed by atoms with van der Waals surface area (Å²) in [7, 11) is 0. The minimum absolute atomic E-state index is 0.662. The van der Waals surface area contributed by atoms with Gasteiger partial charge in [-0.25, -0.2) is 0 Å². The van der Waals surface area contributed by atoms with E-state index < -0.39 is 0 Å². The number of nitrogens with one attached hydrogen (secondary N) is 1. The van der Waals surface area contributed by atoms with Crippen LogP contribution in [0.2, 0.25) is 0 Å². The molecule has 2 nitrogen and oxygen atoms in total. The number of para-hydroxylation sites is 1. The average Bonchev–Trinajstić information content (AvgIpc) is 3.09. The van der Waals surface area contributed by atoms with E-state index in [1.54, 1.807) is 0 Å². The number of rotatable bonds is 5. The second-order valence-electron chi connectivity index (χ2n) is 5.52. The summed E-state index contributed by atoms with van der Waals surface area (Å²) in [6.45, 7) is 5.82. The zero-order valence-electron chi connectivity index (χ0n) is 10.7. The average molecular weight is 230 g/mol. The van der Waals surface area contributed by atoms with E-state index in [9.17, 15) is 0 Å². The smallest absolute Gasteiger partial charge is 0.0402 e. The molecule has 1 aromatic rings. The largest absolute Gasteiger partial charge is 0.367 e. The maximum absolute atomic E-state index is 3.58. The molecule has 1 saturated carbocycles. The van der Waals surface area contributed by atoms with Crippen molar-refractivity contribution in [1.82, 2.24) is 5.32 Å². The quantitative estimate of drug-likeness (QED) is 0.782. The molecule has 2 heteroatoms. The molecule has 1 aliphatic carbocycles. The van der Waals surface area contributed by atoms with E-state index in [-0.39, 0.29) is 0 Å². The van der Waals surface area contributed by atoms with Gasteiger partial charge in [0.15, 0.2) is 0 Å². The number of nitrogens with zero attached hydrogens (tertiary/aromatic N) is 1. The highest BCUT2D eigenvalue weighted by Crippen LogP contribution is 2.31. The second-order valence-corrected chi connectivity index (χ2v) is 5.52. The zero-order chi connectivity index (χ0) is 11.7. The SMILES string of the molecule is CC1Cc2ccccc2N1CCNCC1CC1. The van der Waals surface area contributed by atoms with Gasteiger partial charge in [-0.3, -0.25) is 0 Å². The number of fused-ring (bicyclic) bond motifs is 1. The molecular weight excluding hydrogens is 208 g/mol. The number of benzene rings is 1. The van der Waals surface area contributed by atoms with Gasteiger partial charge in [-0.2, -0.15) is 0 Å². The lowest BCUT2D eigenvalue weighted by Crippen LogP contribution is -2.36. The van der Waals surface area contributed by atoms with Crippen molar-refractivity contribution >= 4 is 5.69 Å². The minimum Gasteiger partial charge on any atom is -0.367 e. The molecule has 1 heterocycles. The first-order chi connectivity index (χ1) is 8.34. The monoisotopic (exact) mass is 230 g/mol. The van der Waals surface area contributed by atoms with Crippen LogP contribution in [-0.2, 0) is 6.42 Å². The molecule has 1 atom stereocenters. The Morgan fingerprint density at radius 2 is 2.12 bits per heavy atom. The Bertz CT molecular complexity index is 384. The Morgan fingerprint density at radius 3 is 2.94 bits per heavy atom. The van der Waals surface area contributed by atoms with Crippen LogP contribution in [0.3, 0.4) is 0 Å². The van der Waals surface area contributed by atoms with Crippen LogP contribution in [0.4, 0.5) is 5.69 Å². The van der Waals surface area contributed by atoms with Crippen LogP contribution in [0.15, 0.2) is 24.3 Å². The third kappa shape index (κ3) is 2.47. The summed E-state index contributed by atoms with van der Waals surface area (Å²) in [6.07, 6.45) is 4.09. The van der Waals surface area contributed by atoms with Crippen molar-refractivity contribution in [3.8, 4) is 0 Å². The predicted molar refractivity (Wildman–Crippen MR) is 72.5 cm³/mol. The van der Waals surface area contributed by atoms with E-state index in [1.807, 2.05) is 0 Å². The Morgan fingerprint density at radius 1 is 1.29 bits per heavy atom. The normalized spacial score (nSPS) is 22.9. The Labute approximate surface area is 104 Å². The first-order valence-electron chi connectivity index (χ1n) is 6.90. The fraction of sp³-hybridized carbons (Fsp3) is 0.600. The molecule has 1 aromatic carbocycles. The van der Waals surface area contributed by atoms with Gasteiger partial charge in [0, 0.05) is 24.8 Å². The van der Waals surface area contributed by atoms with Crippen LogP contribution in [-0.4, -0.2) is 25.7 Å². The van der Waals surface area contributed by atoms with E-state index in [0.717, 1.165) is 19.0 Å². The Balaban J connectivity index is 1.54. The molecule has 0 amide bonds. The maximum atomic E-state index is 3.58. The summed E-state index contributed by atoms with van der Waals surface area (Å²) in [5.41, 5.74) is 2.97. The highest BCUT2D eigenvalue weighted by atomic mass is 15.2. The van der Waals surface area contributed by atoms with E-state index in [2.05, 4.69) is 41.4 Å². The number of anilines is 1. The van der Waals surface area contributed by atoms with Gasteiger partial charge in [-0.15, -0.1) is 0 Å². The van der Waals surface area contributed by atoms with Crippen molar-refractivity contribution in [3.05, 3.63) is 29.8 Å². The van der Waals surface area contributed by atoms with Gasteiger partial charge in [0.25, 0.3) is 0 Å². The first-order valence-corrected chi connectivity index (χ1v) is 6.90. The first kappa shape index (κ1) is 11.1. The molecular formula is C15H22N2. The molecule has 1 unspecified atom stereocenters. The third-order valence-electron chi connectivity index (χ3n) is 4.01. The summed E-state index contributed by atoms with van der Waals surface area (Å²) in [4.78, 5) is 2.55. The predicted octanol–water partition coefficient (Wildman–Crippen LogP) is 2.44. The molecule has 17 heavy (non-hydrogen) atoms. The van der Waals surface area contributed by atoms with Crippen molar-refractivity contribution in [2.24, 2.45) is 5.92 Å². The van der Waals surface area contributed by atoms with Gasteiger partial charge in [-0.05, 0) is 50.3 Å². The summed E-state index contributed by atoms with van der Waals surface area (Å²) >= 11 is 0. The molecule has 0 spiro atoms. The summed E-state index contributed by atoms with van der Waals surface area (Å²) in [6, 6.07) is 9.50. The lowest BCUT2D eigenvalue weighted by atomic mass is 10.1. The van der Waals surface area contributed by atoms with Crippen LogP contribution in [0.1, 0.15) is 25.3 Å². The second kappa shape index (κ2) is 4.69. The number of hydrogen-bond acceptors (Lipinski definition) is 2. The third-order valence-corrected chi connectivity index (χ3v) is 4.01. The van der Waals surface area contributed by atoms with Crippen LogP contribution >= 0.6 is 0 Å². The molecule has 1 aliphatic heterocycles. The molecule has 92 valence electrons. The molecule has 2 aliphatic rings. The molecule has 0 aromatic heterocycles. The number of hydrogen-bond donors (Lipinski definition) is 1. The van der Waals surface area contributed by atoms with Gasteiger partial charge in [0.05, 0.1) is 0 Å². The van der Waals surface area contributed by atoms with Crippen molar-refractivity contribution in [2.75, 3.05) is 24.5 Å². The highest BCUT2D eigenvalue weighted by Gasteiger charge is 2.25. The molecule has 0 saturated heterocycles. The van der Waals surface area contributed by atoms with Crippen LogP contribution in [0.25, 0.3) is 0 Å². The Kier molecular flexibility index (Phi) is 3.06. The maximum Gasteiger partial charge on any atom is 0.0402 e. The highest BCUT2D eigenvalue weighted by molar-refractivity contribution is 5.59. The van der Waals surface area contributed by atoms with E-state index in [1.165, 1.54) is 37.1 Å². The van der Waals surface area contributed by atoms with Gasteiger partial charge < -0.3 is 10.2 Å². The lowest BCUT2D eigenvalue weighted by Gasteiger charge is -2.25. The van der Waals surface area contributed by atoms with Gasteiger partial charge in [0.2, 0.25) is 0 Å². The van der Waals surface area contributed by atoms with Crippen LogP contribution in [0.5, 0.6) is 0 Å². The standard InChI is InChI=1S/C15H22N2/c1-12-10-14-4-2-3-5-15(14)17(12)9-8-16-11-13-6-7-13/h2-5,12-13,16H,6-11H2,1H3. The van der Waals surface area contributed by atoms with Gasteiger partial charge in [-0.1, -0.05) is 18.2 Å². The van der Waals surface area contributed by atoms with Crippen molar-refractivity contribution in [3.63, 3.8) is 0 Å². The van der Waals surface area contributed by atoms with Crippen molar-refractivity contribution < 1.29 is 0 Å². The van der Waals surface area contributed by atoms with Crippen LogP contribution in [0, 0.1) is 5.92 Å². The van der Waals surface area contributed by atoms with Gasteiger partial charge in [0.1, 0.15) is 0 Å². The topological polar surface area (TPSA) is 15.3 Å². The van der Waals surface area contributed by atoms with Gasteiger partial charge >= 0.3 is 0 Å². The molecule has 3 rings (SSSR count). The Hall–Kier alpha value is -1.02. The summed E-state index contributed by atoms with van der Waals surface area (Å²) in [5, 5.41) is 3.58. The molecule has 0 bridgehead atoms. The van der Waals surface area contributed by atoms with E-state index >= 15 is 0 Å². The fourth-order valence-corrected chi connectivity index (χ4v) is 2.80. The summed E-state index contributed by atoms with van der Waals surface area (Å²) < 4.78 is 0. The minimum atomic E-state index is 0.662.